The average Bonchev–Trinajstić information content (AvgIpc) is 2.96. The van der Waals surface area contributed by atoms with Crippen molar-refractivity contribution in [2.45, 2.75) is 18.9 Å². The number of rotatable bonds is 5. The zero-order valence-electron chi connectivity index (χ0n) is 10.9. The minimum Gasteiger partial charge on any atom is -0.478 e. The van der Waals surface area contributed by atoms with E-state index >= 15 is 0 Å². The second-order valence-corrected chi connectivity index (χ2v) is 4.89. The number of hydrogen-bond donors (Lipinski definition) is 4. The van der Waals surface area contributed by atoms with Crippen molar-refractivity contribution in [1.82, 2.24) is 10.7 Å². The highest BCUT2D eigenvalue weighted by atomic mass is 32.1. The fourth-order valence-corrected chi connectivity index (χ4v) is 2.02. The highest BCUT2D eigenvalue weighted by molar-refractivity contribution is 7.80. The fraction of sp³-hybridized carbons (Fsp3) is 0.385. The van der Waals surface area contributed by atoms with E-state index in [1.165, 1.54) is 12.1 Å². The van der Waals surface area contributed by atoms with Gasteiger partial charge in [0.15, 0.2) is 5.11 Å². The molecule has 1 aromatic carbocycles. The molecule has 0 amide bonds. The van der Waals surface area contributed by atoms with Gasteiger partial charge < -0.3 is 15.2 Å². The summed E-state index contributed by atoms with van der Waals surface area (Å²) in [5.41, 5.74) is 6.72. The number of carbonyl (C=O) groups is 1. The lowest BCUT2D eigenvalue weighted by atomic mass is 10.2. The number of ether oxygens (including phenoxy) is 1. The molecule has 7 heteroatoms. The molecule has 0 aliphatic carbocycles. The van der Waals surface area contributed by atoms with Gasteiger partial charge in [0.1, 0.15) is 0 Å². The number of carboxylic acid groups (broad SMARTS) is 1. The molecule has 0 aromatic heterocycles. The van der Waals surface area contributed by atoms with Crippen molar-refractivity contribution in [3.63, 3.8) is 0 Å². The molecule has 2 rings (SSSR count). The van der Waals surface area contributed by atoms with E-state index in [9.17, 15) is 4.79 Å². The van der Waals surface area contributed by atoms with Crippen LogP contribution in [0.4, 0.5) is 5.69 Å². The summed E-state index contributed by atoms with van der Waals surface area (Å²) in [6.45, 7) is 1.51. The van der Waals surface area contributed by atoms with Crippen LogP contribution in [0.1, 0.15) is 23.2 Å². The van der Waals surface area contributed by atoms with Crippen molar-refractivity contribution in [3.05, 3.63) is 29.8 Å². The van der Waals surface area contributed by atoms with Gasteiger partial charge in [-0.1, -0.05) is 0 Å². The molecule has 1 atom stereocenters. The Hall–Kier alpha value is -1.86. The third-order valence-corrected chi connectivity index (χ3v) is 3.21. The normalized spacial score (nSPS) is 17.5. The molecular weight excluding hydrogens is 278 g/mol. The van der Waals surface area contributed by atoms with E-state index in [-0.39, 0.29) is 11.7 Å². The van der Waals surface area contributed by atoms with E-state index in [1.807, 2.05) is 0 Å². The van der Waals surface area contributed by atoms with Crippen molar-refractivity contribution >= 4 is 29.0 Å². The van der Waals surface area contributed by atoms with Crippen molar-refractivity contribution in [2.24, 2.45) is 0 Å². The predicted octanol–water partition coefficient (Wildman–Crippen LogP) is 1.35. The Morgan fingerprint density at radius 1 is 1.40 bits per heavy atom. The summed E-state index contributed by atoms with van der Waals surface area (Å²) in [7, 11) is 0. The van der Waals surface area contributed by atoms with Gasteiger partial charge in [0.25, 0.3) is 0 Å². The molecule has 1 unspecified atom stereocenters. The van der Waals surface area contributed by atoms with Crippen molar-refractivity contribution in [1.29, 1.82) is 0 Å². The highest BCUT2D eigenvalue weighted by Gasteiger charge is 2.15. The predicted molar refractivity (Wildman–Crippen MR) is 79.7 cm³/mol. The molecule has 1 aliphatic rings. The van der Waals surface area contributed by atoms with Gasteiger partial charge in [0, 0.05) is 13.2 Å². The molecule has 1 saturated heterocycles. The average molecular weight is 295 g/mol. The van der Waals surface area contributed by atoms with Crippen LogP contribution in [-0.4, -0.2) is 35.4 Å². The van der Waals surface area contributed by atoms with E-state index in [2.05, 4.69) is 16.2 Å². The van der Waals surface area contributed by atoms with Crippen LogP contribution in [0.5, 0.6) is 0 Å². The van der Waals surface area contributed by atoms with Crippen LogP contribution in [0.3, 0.4) is 0 Å². The monoisotopic (exact) mass is 295 g/mol. The van der Waals surface area contributed by atoms with Gasteiger partial charge in [0.05, 0.1) is 17.4 Å². The number of thiocarbonyl (C=S) groups is 1. The maximum atomic E-state index is 10.7. The first-order chi connectivity index (χ1) is 9.65. The number of hydrazine groups is 1. The molecule has 0 spiro atoms. The molecule has 1 aromatic rings. The first-order valence-corrected chi connectivity index (χ1v) is 6.81. The van der Waals surface area contributed by atoms with Gasteiger partial charge in [-0.2, -0.15) is 0 Å². The lowest BCUT2D eigenvalue weighted by molar-refractivity contribution is 0.0697. The minimum atomic E-state index is -0.946. The number of aromatic carboxylic acids is 1. The molecule has 108 valence electrons. The molecular formula is C13H17N3O3S. The van der Waals surface area contributed by atoms with Crippen LogP contribution in [0.15, 0.2) is 24.3 Å². The molecule has 1 heterocycles. The lowest BCUT2D eigenvalue weighted by Crippen LogP contribution is -2.41. The Morgan fingerprint density at radius 3 is 2.75 bits per heavy atom. The van der Waals surface area contributed by atoms with Crippen LogP contribution in [0.25, 0.3) is 0 Å². The topological polar surface area (TPSA) is 82.6 Å². The second kappa shape index (κ2) is 7.06. The summed E-state index contributed by atoms with van der Waals surface area (Å²) < 4.78 is 5.48. The molecule has 6 nitrogen and oxygen atoms in total. The summed E-state index contributed by atoms with van der Waals surface area (Å²) >= 11 is 5.12. The van der Waals surface area contributed by atoms with E-state index in [1.54, 1.807) is 12.1 Å². The molecule has 0 saturated carbocycles. The van der Waals surface area contributed by atoms with Gasteiger partial charge in [-0.05, 0) is 49.3 Å². The Balaban J connectivity index is 1.70. The van der Waals surface area contributed by atoms with Crippen LogP contribution >= 0.6 is 12.2 Å². The second-order valence-electron chi connectivity index (χ2n) is 4.48. The Kier molecular flexibility index (Phi) is 5.14. The standard InChI is InChI=1S/C13H17N3O3S/c17-12(18)9-3-5-10(6-4-9)15-16-13(20)14-8-11-2-1-7-19-11/h3-6,11,15H,1-2,7-8H2,(H,17,18)(H2,14,16,20). The highest BCUT2D eigenvalue weighted by Crippen LogP contribution is 2.10. The number of hydrogen-bond acceptors (Lipinski definition) is 4. The van der Waals surface area contributed by atoms with Gasteiger partial charge in [-0.25, -0.2) is 4.79 Å². The van der Waals surface area contributed by atoms with Crippen LogP contribution in [0, 0.1) is 0 Å². The Labute approximate surface area is 122 Å². The van der Waals surface area contributed by atoms with E-state index in [0.717, 1.165) is 25.1 Å². The van der Waals surface area contributed by atoms with Gasteiger partial charge >= 0.3 is 5.97 Å². The Morgan fingerprint density at radius 2 is 2.15 bits per heavy atom. The third-order valence-electron chi connectivity index (χ3n) is 2.97. The summed E-state index contributed by atoms with van der Waals surface area (Å²) in [5, 5.41) is 12.3. The maximum Gasteiger partial charge on any atom is 0.335 e. The molecule has 4 N–H and O–H groups in total. The first kappa shape index (κ1) is 14.5. The molecule has 0 bridgehead atoms. The number of anilines is 1. The molecule has 0 radical (unpaired) electrons. The van der Waals surface area contributed by atoms with Crippen LogP contribution < -0.4 is 16.2 Å². The van der Waals surface area contributed by atoms with Crippen molar-refractivity contribution < 1.29 is 14.6 Å². The van der Waals surface area contributed by atoms with Gasteiger partial charge in [0.2, 0.25) is 0 Å². The summed E-state index contributed by atoms with van der Waals surface area (Å²) in [6.07, 6.45) is 2.38. The summed E-state index contributed by atoms with van der Waals surface area (Å²) in [6, 6.07) is 6.38. The van der Waals surface area contributed by atoms with Gasteiger partial charge in [-0.15, -0.1) is 0 Å². The van der Waals surface area contributed by atoms with E-state index in [4.69, 9.17) is 22.1 Å². The molecule has 1 fully saturated rings. The van der Waals surface area contributed by atoms with Crippen LogP contribution in [-0.2, 0) is 4.74 Å². The van der Waals surface area contributed by atoms with E-state index in [0.29, 0.717) is 11.7 Å². The van der Waals surface area contributed by atoms with Crippen molar-refractivity contribution in [2.75, 3.05) is 18.6 Å². The minimum absolute atomic E-state index is 0.226. The number of nitrogens with one attached hydrogen (secondary N) is 3. The maximum absolute atomic E-state index is 10.7. The van der Waals surface area contributed by atoms with Crippen molar-refractivity contribution in [3.8, 4) is 0 Å². The largest absolute Gasteiger partial charge is 0.478 e. The van der Waals surface area contributed by atoms with E-state index < -0.39 is 5.97 Å². The first-order valence-electron chi connectivity index (χ1n) is 6.40. The SMILES string of the molecule is O=C(O)c1ccc(NNC(=S)NCC2CCCO2)cc1. The lowest BCUT2D eigenvalue weighted by Gasteiger charge is -2.15. The van der Waals surface area contributed by atoms with Crippen LogP contribution in [0.2, 0.25) is 0 Å². The Bertz CT molecular complexity index is 472. The molecule has 1 aliphatic heterocycles. The third kappa shape index (κ3) is 4.36. The van der Waals surface area contributed by atoms with Gasteiger partial charge in [-0.3, -0.25) is 10.9 Å². The quantitative estimate of drug-likeness (QED) is 0.482. The fourth-order valence-electron chi connectivity index (χ4n) is 1.88. The zero-order valence-corrected chi connectivity index (χ0v) is 11.7. The summed E-state index contributed by atoms with van der Waals surface area (Å²) in [5.74, 6) is -0.946. The zero-order chi connectivity index (χ0) is 14.4. The summed E-state index contributed by atoms with van der Waals surface area (Å²) in [4.78, 5) is 10.7. The number of carboxylic acids is 1. The smallest absolute Gasteiger partial charge is 0.335 e. The number of benzene rings is 1. The molecule has 20 heavy (non-hydrogen) atoms.